The van der Waals surface area contributed by atoms with Gasteiger partial charge in [-0.2, -0.15) is 0 Å². The van der Waals surface area contributed by atoms with E-state index in [4.69, 9.17) is 4.74 Å². The minimum Gasteiger partial charge on any atom is -0.490 e. The number of nitro benzene ring substituents is 1. The van der Waals surface area contributed by atoms with Crippen LogP contribution in [0.4, 0.5) is 11.4 Å². The number of ether oxygens (including phenoxy) is 1. The number of carbonyl (C=O) groups is 1. The lowest BCUT2D eigenvalue weighted by atomic mass is 9.89. The van der Waals surface area contributed by atoms with Gasteiger partial charge in [0.2, 0.25) is 5.91 Å². The van der Waals surface area contributed by atoms with Crippen LogP contribution in [0.5, 0.6) is 5.75 Å². The van der Waals surface area contributed by atoms with E-state index in [1.807, 2.05) is 6.92 Å². The summed E-state index contributed by atoms with van der Waals surface area (Å²) >= 11 is 0. The Hall–Kier alpha value is -1.86. The fourth-order valence-electron chi connectivity index (χ4n) is 2.20. The highest BCUT2D eigenvalue weighted by molar-refractivity contribution is 5.95. The van der Waals surface area contributed by atoms with Crippen LogP contribution in [0, 0.1) is 15.5 Å². The van der Waals surface area contributed by atoms with Crippen LogP contribution in [0.2, 0.25) is 0 Å². The molecule has 21 heavy (non-hydrogen) atoms. The number of carbonyl (C=O) groups excluding carboxylic acids is 1. The summed E-state index contributed by atoms with van der Waals surface area (Å²) in [6, 6.07) is 4.38. The van der Waals surface area contributed by atoms with E-state index in [2.05, 4.69) is 10.6 Å². The summed E-state index contributed by atoms with van der Waals surface area (Å²) in [6.45, 7) is 3.28. The van der Waals surface area contributed by atoms with Crippen LogP contribution in [0.3, 0.4) is 0 Å². The van der Waals surface area contributed by atoms with E-state index in [-0.39, 0.29) is 29.8 Å². The van der Waals surface area contributed by atoms with Crippen LogP contribution in [0.1, 0.15) is 13.3 Å². The highest BCUT2D eigenvalue weighted by atomic mass is 35.5. The van der Waals surface area contributed by atoms with Gasteiger partial charge >= 0.3 is 5.69 Å². The number of methoxy groups -OCH3 is 1. The average Bonchev–Trinajstić information content (AvgIpc) is 2.87. The van der Waals surface area contributed by atoms with Crippen LogP contribution < -0.4 is 15.4 Å². The first kappa shape index (κ1) is 17.2. The molecule has 2 N–H and O–H groups in total. The zero-order chi connectivity index (χ0) is 14.8. The van der Waals surface area contributed by atoms with Crippen molar-refractivity contribution in [2.24, 2.45) is 5.41 Å². The van der Waals surface area contributed by atoms with Gasteiger partial charge in [0.25, 0.3) is 0 Å². The Labute approximate surface area is 128 Å². The zero-order valence-corrected chi connectivity index (χ0v) is 12.7. The van der Waals surface area contributed by atoms with Crippen LogP contribution in [0.15, 0.2) is 18.2 Å². The van der Waals surface area contributed by atoms with Gasteiger partial charge in [0.1, 0.15) is 0 Å². The normalized spacial score (nSPS) is 20.5. The summed E-state index contributed by atoms with van der Waals surface area (Å²) in [4.78, 5) is 22.6. The van der Waals surface area contributed by atoms with Crippen molar-refractivity contribution in [1.82, 2.24) is 5.32 Å². The highest BCUT2D eigenvalue weighted by Crippen LogP contribution is 2.31. The SMILES string of the molecule is COc1ccc(NC(=O)C2(C)CCNC2)cc1[N+](=O)[O-].Cl. The molecule has 0 bridgehead atoms. The standard InChI is InChI=1S/C13H17N3O4.ClH/c1-13(5-6-14-8-13)12(17)15-9-3-4-11(20-2)10(7-9)16(18)19;/h3-4,7,14H,5-6,8H2,1-2H3,(H,15,17);1H. The second-order valence-electron chi connectivity index (χ2n) is 5.09. The van der Waals surface area contributed by atoms with Gasteiger partial charge in [-0.25, -0.2) is 0 Å². The zero-order valence-electron chi connectivity index (χ0n) is 11.8. The lowest BCUT2D eigenvalue weighted by Gasteiger charge is -2.21. The third kappa shape index (κ3) is 3.62. The molecule has 1 aliphatic rings. The van der Waals surface area contributed by atoms with E-state index in [0.29, 0.717) is 12.2 Å². The Kier molecular flexibility index (Phi) is 5.51. The molecule has 1 amide bonds. The van der Waals surface area contributed by atoms with Gasteiger partial charge in [-0.3, -0.25) is 14.9 Å². The maximum atomic E-state index is 12.2. The minimum absolute atomic E-state index is 0. The van der Waals surface area contributed by atoms with Crippen LogP contribution in [-0.2, 0) is 4.79 Å². The smallest absolute Gasteiger partial charge is 0.312 e. The van der Waals surface area contributed by atoms with E-state index in [9.17, 15) is 14.9 Å². The van der Waals surface area contributed by atoms with E-state index in [1.165, 1.54) is 19.2 Å². The van der Waals surface area contributed by atoms with Gasteiger partial charge in [-0.1, -0.05) is 0 Å². The highest BCUT2D eigenvalue weighted by Gasteiger charge is 2.36. The topological polar surface area (TPSA) is 93.5 Å². The predicted octanol–water partition coefficient (Wildman–Crippen LogP) is 1.96. The summed E-state index contributed by atoms with van der Waals surface area (Å²) in [6.07, 6.45) is 0.747. The molecule has 1 fully saturated rings. The Morgan fingerprint density at radius 1 is 1.52 bits per heavy atom. The molecule has 1 saturated heterocycles. The fourth-order valence-corrected chi connectivity index (χ4v) is 2.20. The molecule has 1 aliphatic heterocycles. The van der Waals surface area contributed by atoms with Crippen molar-refractivity contribution >= 4 is 29.7 Å². The molecule has 1 aromatic rings. The van der Waals surface area contributed by atoms with E-state index < -0.39 is 10.3 Å². The molecule has 1 aromatic carbocycles. The van der Waals surface area contributed by atoms with Crippen molar-refractivity contribution in [3.63, 3.8) is 0 Å². The number of nitrogens with zero attached hydrogens (tertiary/aromatic N) is 1. The predicted molar refractivity (Wildman–Crippen MR) is 81.1 cm³/mol. The molecule has 7 nitrogen and oxygen atoms in total. The van der Waals surface area contributed by atoms with E-state index in [1.54, 1.807) is 6.07 Å². The van der Waals surface area contributed by atoms with Crippen molar-refractivity contribution < 1.29 is 14.5 Å². The van der Waals surface area contributed by atoms with E-state index >= 15 is 0 Å². The van der Waals surface area contributed by atoms with Gasteiger partial charge in [0, 0.05) is 18.3 Å². The number of nitrogens with one attached hydrogen (secondary N) is 2. The molecular formula is C13H18ClN3O4. The number of amides is 1. The molecule has 1 heterocycles. The second-order valence-corrected chi connectivity index (χ2v) is 5.09. The third-order valence-electron chi connectivity index (χ3n) is 3.55. The first-order valence-corrected chi connectivity index (χ1v) is 6.31. The van der Waals surface area contributed by atoms with Crippen molar-refractivity contribution in [2.75, 3.05) is 25.5 Å². The molecule has 1 atom stereocenters. The molecular weight excluding hydrogens is 298 g/mol. The second kappa shape index (κ2) is 6.73. The summed E-state index contributed by atoms with van der Waals surface area (Å²) in [5.41, 5.74) is -0.245. The van der Waals surface area contributed by atoms with Gasteiger partial charge in [-0.05, 0) is 32.0 Å². The van der Waals surface area contributed by atoms with Gasteiger partial charge < -0.3 is 15.4 Å². The minimum atomic E-state index is -0.534. The molecule has 0 aromatic heterocycles. The lowest BCUT2D eigenvalue weighted by molar-refractivity contribution is -0.385. The summed E-state index contributed by atoms with van der Waals surface area (Å²) in [5, 5.41) is 16.8. The lowest BCUT2D eigenvalue weighted by Crippen LogP contribution is -2.35. The Morgan fingerprint density at radius 2 is 2.24 bits per heavy atom. The Balaban J connectivity index is 0.00000220. The van der Waals surface area contributed by atoms with Gasteiger partial charge in [0.05, 0.1) is 17.4 Å². The first-order chi connectivity index (χ1) is 9.46. The first-order valence-electron chi connectivity index (χ1n) is 6.31. The van der Waals surface area contributed by atoms with Crippen molar-refractivity contribution in [1.29, 1.82) is 0 Å². The largest absolute Gasteiger partial charge is 0.490 e. The molecule has 8 heteroatoms. The van der Waals surface area contributed by atoms with E-state index in [0.717, 1.165) is 13.0 Å². The van der Waals surface area contributed by atoms with Crippen LogP contribution in [-0.4, -0.2) is 31.0 Å². The van der Waals surface area contributed by atoms with Crippen LogP contribution >= 0.6 is 12.4 Å². The molecule has 1 unspecified atom stereocenters. The fraction of sp³-hybridized carbons (Fsp3) is 0.462. The van der Waals surface area contributed by atoms with Crippen molar-refractivity contribution in [2.45, 2.75) is 13.3 Å². The summed E-state index contributed by atoms with van der Waals surface area (Å²) in [5.74, 6) is 0.0312. The Bertz CT molecular complexity index is 544. The van der Waals surface area contributed by atoms with Crippen LogP contribution in [0.25, 0.3) is 0 Å². The monoisotopic (exact) mass is 315 g/mol. The molecule has 2 rings (SSSR count). The number of anilines is 1. The molecule has 0 radical (unpaired) electrons. The summed E-state index contributed by atoms with van der Waals surface area (Å²) < 4.78 is 4.92. The number of hydrogen-bond acceptors (Lipinski definition) is 5. The number of rotatable bonds is 4. The van der Waals surface area contributed by atoms with Gasteiger partial charge in [0.15, 0.2) is 5.75 Å². The quantitative estimate of drug-likeness (QED) is 0.654. The number of nitro groups is 1. The maximum absolute atomic E-state index is 12.2. The number of halogens is 1. The number of benzene rings is 1. The molecule has 0 spiro atoms. The maximum Gasteiger partial charge on any atom is 0.312 e. The molecule has 116 valence electrons. The Morgan fingerprint density at radius 3 is 2.76 bits per heavy atom. The number of hydrogen-bond donors (Lipinski definition) is 2. The van der Waals surface area contributed by atoms with Crippen molar-refractivity contribution in [3.05, 3.63) is 28.3 Å². The van der Waals surface area contributed by atoms with Crippen molar-refractivity contribution in [3.8, 4) is 5.75 Å². The molecule has 0 saturated carbocycles. The molecule has 0 aliphatic carbocycles. The van der Waals surface area contributed by atoms with Gasteiger partial charge in [-0.15, -0.1) is 12.4 Å². The summed E-state index contributed by atoms with van der Waals surface area (Å²) in [7, 11) is 1.37. The third-order valence-corrected chi connectivity index (χ3v) is 3.55. The average molecular weight is 316 g/mol.